The van der Waals surface area contributed by atoms with Gasteiger partial charge in [-0.25, -0.2) is 8.78 Å². The molecule has 1 aliphatic rings. The molecule has 1 aromatic rings. The Morgan fingerprint density at radius 3 is 2.27 bits per heavy atom. The molecule has 7 nitrogen and oxygen atoms in total. The Labute approximate surface area is 175 Å². The van der Waals surface area contributed by atoms with Crippen molar-refractivity contribution >= 4 is 11.8 Å². The molecular formula is C21H31F2N3O4. The van der Waals surface area contributed by atoms with Crippen LogP contribution >= 0.6 is 0 Å². The zero-order chi connectivity index (χ0) is 22.3. The van der Waals surface area contributed by atoms with Crippen LogP contribution in [0.4, 0.5) is 8.78 Å². The van der Waals surface area contributed by atoms with Gasteiger partial charge in [0, 0.05) is 38.8 Å². The summed E-state index contributed by atoms with van der Waals surface area (Å²) in [7, 11) is 0. The minimum absolute atomic E-state index is 0.00819. The van der Waals surface area contributed by atoms with Crippen molar-refractivity contribution in [3.63, 3.8) is 0 Å². The van der Waals surface area contributed by atoms with Crippen molar-refractivity contribution in [3.05, 3.63) is 35.4 Å². The number of amides is 2. The molecule has 1 heterocycles. The van der Waals surface area contributed by atoms with Gasteiger partial charge in [-0.3, -0.25) is 9.59 Å². The number of carbonyl (C=O) groups excluding carboxylic acids is 2. The third-order valence-electron chi connectivity index (χ3n) is 5.08. The van der Waals surface area contributed by atoms with Crippen molar-refractivity contribution in [1.82, 2.24) is 16.0 Å². The number of halogens is 2. The smallest absolute Gasteiger partial charge is 0.240 e. The largest absolute Gasteiger partial charge is 0.390 e. The van der Waals surface area contributed by atoms with Crippen LogP contribution in [0.5, 0.6) is 0 Å². The first-order valence-corrected chi connectivity index (χ1v) is 10.1. The number of β-amino-alcohol motifs (C(OH)–C–C–N with tert-alkyl or cyclic N) is 1. The number of ether oxygens (including phenoxy) is 1. The Bertz CT molecular complexity index is 719. The molecular weight excluding hydrogens is 396 g/mol. The number of nitrogens with one attached hydrogen (secondary N) is 3. The number of benzene rings is 1. The maximum absolute atomic E-state index is 13.5. The molecule has 0 radical (unpaired) electrons. The van der Waals surface area contributed by atoms with E-state index in [1.807, 2.05) is 13.8 Å². The minimum atomic E-state index is -1.09. The molecule has 0 aromatic heterocycles. The first kappa shape index (κ1) is 24.2. The van der Waals surface area contributed by atoms with Crippen LogP contribution in [0.3, 0.4) is 0 Å². The second kappa shape index (κ2) is 10.8. The number of carbonyl (C=O) groups is 2. The number of rotatable bonds is 9. The fourth-order valence-corrected chi connectivity index (χ4v) is 3.57. The van der Waals surface area contributed by atoms with Crippen LogP contribution < -0.4 is 16.0 Å². The summed E-state index contributed by atoms with van der Waals surface area (Å²) in [6.45, 7) is 5.86. The highest BCUT2D eigenvalue weighted by atomic mass is 19.1. The zero-order valence-electron chi connectivity index (χ0n) is 17.6. The lowest BCUT2D eigenvalue weighted by Gasteiger charge is -2.38. The Kier molecular flexibility index (Phi) is 8.69. The molecule has 2 rings (SSSR count). The summed E-state index contributed by atoms with van der Waals surface area (Å²) in [5, 5.41) is 19.4. The molecule has 0 spiro atoms. The lowest BCUT2D eigenvalue weighted by Crippen LogP contribution is -2.63. The molecule has 2 amide bonds. The summed E-state index contributed by atoms with van der Waals surface area (Å²) >= 11 is 0. The third kappa shape index (κ3) is 7.00. The maximum atomic E-state index is 13.5. The number of hydrogen-bond acceptors (Lipinski definition) is 5. The molecule has 0 bridgehead atoms. The molecule has 1 fully saturated rings. The number of hydrogen-bond donors (Lipinski definition) is 4. The summed E-state index contributed by atoms with van der Waals surface area (Å²) in [5.41, 5.74) is -0.585. The molecule has 1 saturated heterocycles. The predicted octanol–water partition coefficient (Wildman–Crippen LogP) is 1.04. The van der Waals surface area contributed by atoms with Crippen molar-refractivity contribution in [1.29, 1.82) is 0 Å². The molecule has 2 atom stereocenters. The van der Waals surface area contributed by atoms with Gasteiger partial charge < -0.3 is 25.8 Å². The SMILES string of the molecule is CC(=O)NC(Cc1cc(F)cc(F)c1)C(O)CNC1(C(=O)NC(C)C)CCOCC1. The van der Waals surface area contributed by atoms with Crippen molar-refractivity contribution in [3.8, 4) is 0 Å². The third-order valence-corrected chi connectivity index (χ3v) is 5.08. The standard InChI is InChI=1S/C21H31F2N3O4/c1-13(2)25-20(29)21(4-6-30-7-5-21)24-12-19(28)18(26-14(3)27)10-15-8-16(22)11-17(23)9-15/h8-9,11,13,18-19,24,28H,4-7,10,12H2,1-3H3,(H,25,29)(H,26,27). The van der Waals surface area contributed by atoms with E-state index in [1.54, 1.807) is 0 Å². The van der Waals surface area contributed by atoms with Gasteiger partial charge in [-0.2, -0.15) is 0 Å². The van der Waals surface area contributed by atoms with Crippen LogP contribution in [0.2, 0.25) is 0 Å². The maximum Gasteiger partial charge on any atom is 0.240 e. The summed E-state index contributed by atoms with van der Waals surface area (Å²) < 4.78 is 32.4. The second-order valence-electron chi connectivity index (χ2n) is 8.06. The number of aliphatic hydroxyl groups is 1. The van der Waals surface area contributed by atoms with E-state index < -0.39 is 29.3 Å². The van der Waals surface area contributed by atoms with Crippen molar-refractivity contribution in [2.45, 2.75) is 63.8 Å². The second-order valence-corrected chi connectivity index (χ2v) is 8.06. The lowest BCUT2D eigenvalue weighted by atomic mass is 9.88. The fourth-order valence-electron chi connectivity index (χ4n) is 3.57. The molecule has 30 heavy (non-hydrogen) atoms. The van der Waals surface area contributed by atoms with E-state index in [9.17, 15) is 23.5 Å². The highest BCUT2D eigenvalue weighted by Gasteiger charge is 2.40. The van der Waals surface area contributed by atoms with Crippen molar-refractivity contribution in [2.24, 2.45) is 0 Å². The van der Waals surface area contributed by atoms with Crippen LogP contribution in [0.15, 0.2) is 18.2 Å². The van der Waals surface area contributed by atoms with Gasteiger partial charge in [-0.15, -0.1) is 0 Å². The Morgan fingerprint density at radius 2 is 1.73 bits per heavy atom. The van der Waals surface area contributed by atoms with Gasteiger partial charge in [0.05, 0.1) is 12.1 Å². The summed E-state index contributed by atoms with van der Waals surface area (Å²) in [5.74, 6) is -2.01. The molecule has 168 valence electrons. The molecule has 1 aromatic carbocycles. The lowest BCUT2D eigenvalue weighted by molar-refractivity contribution is -0.132. The predicted molar refractivity (Wildman–Crippen MR) is 108 cm³/mol. The van der Waals surface area contributed by atoms with E-state index in [0.717, 1.165) is 18.2 Å². The van der Waals surface area contributed by atoms with Gasteiger partial charge in [0.15, 0.2) is 0 Å². The Hall–Kier alpha value is -2.10. The van der Waals surface area contributed by atoms with Gasteiger partial charge >= 0.3 is 0 Å². The normalized spacial score (nSPS) is 18.0. The monoisotopic (exact) mass is 427 g/mol. The zero-order valence-corrected chi connectivity index (χ0v) is 17.6. The van der Waals surface area contributed by atoms with Crippen LogP contribution in [0, 0.1) is 11.6 Å². The van der Waals surface area contributed by atoms with Crippen LogP contribution in [0.25, 0.3) is 0 Å². The van der Waals surface area contributed by atoms with Gasteiger partial charge in [-0.05, 0) is 50.8 Å². The van der Waals surface area contributed by atoms with E-state index in [-0.39, 0.29) is 30.8 Å². The Morgan fingerprint density at radius 1 is 1.13 bits per heavy atom. The molecule has 2 unspecified atom stereocenters. The molecule has 9 heteroatoms. The van der Waals surface area contributed by atoms with E-state index in [2.05, 4.69) is 16.0 Å². The van der Waals surface area contributed by atoms with E-state index in [0.29, 0.717) is 31.6 Å². The number of aliphatic hydroxyl groups excluding tert-OH is 1. The molecule has 1 aliphatic heterocycles. The highest BCUT2D eigenvalue weighted by Crippen LogP contribution is 2.22. The van der Waals surface area contributed by atoms with Gasteiger partial charge in [0.1, 0.15) is 17.2 Å². The van der Waals surface area contributed by atoms with Crippen LogP contribution in [-0.4, -0.2) is 60.4 Å². The van der Waals surface area contributed by atoms with E-state index >= 15 is 0 Å². The molecule has 4 N–H and O–H groups in total. The van der Waals surface area contributed by atoms with Crippen molar-refractivity contribution < 1.29 is 28.2 Å². The van der Waals surface area contributed by atoms with E-state index in [1.165, 1.54) is 6.92 Å². The summed E-state index contributed by atoms with van der Waals surface area (Å²) in [6, 6.07) is 2.25. The highest BCUT2D eigenvalue weighted by molar-refractivity contribution is 5.86. The topological polar surface area (TPSA) is 99.7 Å². The van der Waals surface area contributed by atoms with Crippen molar-refractivity contribution in [2.75, 3.05) is 19.8 Å². The first-order valence-electron chi connectivity index (χ1n) is 10.1. The molecule has 0 aliphatic carbocycles. The Balaban J connectivity index is 2.11. The van der Waals surface area contributed by atoms with Crippen LogP contribution in [0.1, 0.15) is 39.2 Å². The average Bonchev–Trinajstić information content (AvgIpc) is 2.64. The summed E-state index contributed by atoms with van der Waals surface area (Å²) in [6.07, 6.45) is -0.172. The van der Waals surface area contributed by atoms with Gasteiger partial charge in [0.25, 0.3) is 0 Å². The molecule has 0 saturated carbocycles. The van der Waals surface area contributed by atoms with Crippen LogP contribution in [-0.2, 0) is 20.7 Å². The fraction of sp³-hybridized carbons (Fsp3) is 0.619. The first-order chi connectivity index (χ1) is 14.1. The summed E-state index contributed by atoms with van der Waals surface area (Å²) in [4.78, 5) is 24.4. The average molecular weight is 427 g/mol. The van der Waals surface area contributed by atoms with Gasteiger partial charge in [0.2, 0.25) is 11.8 Å². The quantitative estimate of drug-likeness (QED) is 0.472. The minimum Gasteiger partial charge on any atom is -0.390 e. The van der Waals surface area contributed by atoms with E-state index in [4.69, 9.17) is 4.74 Å². The van der Waals surface area contributed by atoms with Gasteiger partial charge in [-0.1, -0.05) is 0 Å².